The predicted octanol–water partition coefficient (Wildman–Crippen LogP) is 5.13. The number of hydrogen-bond donors (Lipinski definition) is 2. The van der Waals surface area contributed by atoms with Crippen LogP contribution in [0.1, 0.15) is 5.56 Å². The molecule has 5 nitrogen and oxygen atoms in total. The van der Waals surface area contributed by atoms with Crippen LogP contribution in [-0.2, 0) is 6.54 Å². The van der Waals surface area contributed by atoms with Crippen molar-refractivity contribution in [3.63, 3.8) is 0 Å². The number of rotatable bonds is 6. The minimum absolute atomic E-state index is 0.319. The summed E-state index contributed by atoms with van der Waals surface area (Å²) in [6.07, 6.45) is 0. The Kier molecular flexibility index (Phi) is 5.01. The van der Waals surface area contributed by atoms with Crippen molar-refractivity contribution in [3.8, 4) is 5.75 Å². The van der Waals surface area contributed by atoms with Crippen molar-refractivity contribution in [2.75, 3.05) is 17.7 Å². The van der Waals surface area contributed by atoms with E-state index in [2.05, 4.69) is 20.6 Å². The predicted molar refractivity (Wildman–Crippen MR) is 110 cm³/mol. The van der Waals surface area contributed by atoms with Crippen LogP contribution in [0.4, 0.5) is 21.8 Å². The SMILES string of the molecule is COc1ccccc1CNc1nc(Nc2cccc(F)c2)nc2ccccc12. The van der Waals surface area contributed by atoms with E-state index in [9.17, 15) is 4.39 Å². The average Bonchev–Trinajstić information content (AvgIpc) is 2.72. The van der Waals surface area contributed by atoms with E-state index in [4.69, 9.17) is 4.74 Å². The highest BCUT2D eigenvalue weighted by atomic mass is 19.1. The lowest BCUT2D eigenvalue weighted by molar-refractivity contribution is 0.410. The van der Waals surface area contributed by atoms with Crippen molar-refractivity contribution in [2.45, 2.75) is 6.54 Å². The van der Waals surface area contributed by atoms with Crippen LogP contribution in [0.2, 0.25) is 0 Å². The van der Waals surface area contributed by atoms with Gasteiger partial charge in [0.15, 0.2) is 0 Å². The van der Waals surface area contributed by atoms with Gasteiger partial charge < -0.3 is 15.4 Å². The summed E-state index contributed by atoms with van der Waals surface area (Å²) in [7, 11) is 1.65. The summed E-state index contributed by atoms with van der Waals surface area (Å²) in [5, 5.41) is 7.35. The Morgan fingerprint density at radius 3 is 2.61 bits per heavy atom. The molecule has 3 aromatic carbocycles. The molecule has 0 saturated heterocycles. The van der Waals surface area contributed by atoms with Crippen molar-refractivity contribution in [1.82, 2.24) is 9.97 Å². The number of nitrogens with zero attached hydrogens (tertiary/aromatic N) is 2. The quantitative estimate of drug-likeness (QED) is 0.490. The molecule has 4 rings (SSSR count). The van der Waals surface area contributed by atoms with Crippen LogP contribution in [0.5, 0.6) is 5.75 Å². The van der Waals surface area contributed by atoms with Crippen molar-refractivity contribution in [3.05, 3.63) is 84.2 Å². The van der Waals surface area contributed by atoms with Gasteiger partial charge in [0.1, 0.15) is 17.4 Å². The first kappa shape index (κ1) is 17.7. The number of hydrogen-bond acceptors (Lipinski definition) is 5. The molecule has 0 aliphatic rings. The summed E-state index contributed by atoms with van der Waals surface area (Å²) in [4.78, 5) is 9.14. The number of ether oxygens (including phenoxy) is 1. The number of aromatic nitrogens is 2. The van der Waals surface area contributed by atoms with Gasteiger partial charge in [-0.3, -0.25) is 0 Å². The van der Waals surface area contributed by atoms with Gasteiger partial charge in [-0.2, -0.15) is 4.98 Å². The molecular formula is C22H19FN4O. The molecule has 0 aliphatic carbocycles. The third-order valence-corrected chi connectivity index (χ3v) is 4.32. The second-order valence-corrected chi connectivity index (χ2v) is 6.21. The van der Waals surface area contributed by atoms with E-state index in [1.807, 2.05) is 48.5 Å². The third-order valence-electron chi connectivity index (χ3n) is 4.32. The standard InChI is InChI=1S/C22H19FN4O/c1-28-20-12-5-2-7-15(20)14-24-21-18-10-3-4-11-19(18)26-22(27-21)25-17-9-6-8-16(23)13-17/h2-13H,14H2,1H3,(H2,24,25,26,27). The van der Waals surface area contributed by atoms with Gasteiger partial charge >= 0.3 is 0 Å². The number of fused-ring (bicyclic) bond motifs is 1. The van der Waals surface area contributed by atoms with Gasteiger partial charge in [0.05, 0.1) is 12.6 Å². The molecule has 0 aliphatic heterocycles. The average molecular weight is 374 g/mol. The molecule has 0 radical (unpaired) electrons. The molecule has 0 fully saturated rings. The Hall–Kier alpha value is -3.67. The molecule has 0 atom stereocenters. The van der Waals surface area contributed by atoms with Crippen molar-refractivity contribution in [1.29, 1.82) is 0 Å². The lowest BCUT2D eigenvalue weighted by Crippen LogP contribution is -2.06. The van der Waals surface area contributed by atoms with E-state index in [0.717, 1.165) is 22.2 Å². The van der Waals surface area contributed by atoms with E-state index < -0.39 is 0 Å². The molecule has 4 aromatic rings. The molecule has 0 amide bonds. The molecule has 1 heterocycles. The lowest BCUT2D eigenvalue weighted by Gasteiger charge is -2.13. The fraction of sp³-hybridized carbons (Fsp3) is 0.0909. The summed E-state index contributed by atoms with van der Waals surface area (Å²) in [6.45, 7) is 0.546. The fourth-order valence-electron chi connectivity index (χ4n) is 2.99. The Morgan fingerprint density at radius 2 is 1.75 bits per heavy atom. The molecule has 1 aromatic heterocycles. The second kappa shape index (κ2) is 7.92. The molecule has 0 spiro atoms. The zero-order valence-electron chi connectivity index (χ0n) is 15.3. The van der Waals surface area contributed by atoms with Crippen molar-refractivity contribution in [2.24, 2.45) is 0 Å². The highest BCUT2D eigenvalue weighted by Gasteiger charge is 2.09. The van der Waals surface area contributed by atoms with Crippen molar-refractivity contribution < 1.29 is 9.13 Å². The normalized spacial score (nSPS) is 10.6. The van der Waals surface area contributed by atoms with Gasteiger partial charge in [0, 0.05) is 23.2 Å². The lowest BCUT2D eigenvalue weighted by atomic mass is 10.2. The summed E-state index contributed by atoms with van der Waals surface area (Å²) in [5.41, 5.74) is 2.40. The molecule has 6 heteroatoms. The van der Waals surface area contributed by atoms with Crippen LogP contribution in [0.3, 0.4) is 0 Å². The Morgan fingerprint density at radius 1 is 0.929 bits per heavy atom. The Labute approximate surface area is 162 Å². The Balaban J connectivity index is 1.66. The van der Waals surface area contributed by atoms with Gasteiger partial charge in [-0.15, -0.1) is 0 Å². The number of halogens is 1. The van der Waals surface area contributed by atoms with Crippen LogP contribution < -0.4 is 15.4 Å². The van der Waals surface area contributed by atoms with Crippen LogP contribution >= 0.6 is 0 Å². The maximum absolute atomic E-state index is 13.5. The smallest absolute Gasteiger partial charge is 0.229 e. The van der Waals surface area contributed by atoms with Crippen LogP contribution in [0.25, 0.3) is 10.9 Å². The minimum Gasteiger partial charge on any atom is -0.496 e. The second-order valence-electron chi connectivity index (χ2n) is 6.21. The van der Waals surface area contributed by atoms with Gasteiger partial charge in [0.2, 0.25) is 5.95 Å². The molecule has 28 heavy (non-hydrogen) atoms. The molecule has 0 saturated carbocycles. The fourth-order valence-corrected chi connectivity index (χ4v) is 2.99. The molecular weight excluding hydrogens is 355 g/mol. The van der Waals surface area contributed by atoms with E-state index in [0.29, 0.717) is 24.0 Å². The molecule has 140 valence electrons. The third kappa shape index (κ3) is 3.86. The first-order valence-corrected chi connectivity index (χ1v) is 8.88. The number of anilines is 3. The molecule has 0 bridgehead atoms. The van der Waals surface area contributed by atoms with E-state index in [-0.39, 0.29) is 5.82 Å². The molecule has 0 unspecified atom stereocenters. The highest BCUT2D eigenvalue weighted by Crippen LogP contribution is 2.25. The number of methoxy groups -OCH3 is 1. The highest BCUT2D eigenvalue weighted by molar-refractivity contribution is 5.90. The maximum atomic E-state index is 13.5. The first-order valence-electron chi connectivity index (χ1n) is 8.88. The number of benzene rings is 3. The summed E-state index contributed by atoms with van der Waals surface area (Å²) in [6, 6.07) is 21.8. The largest absolute Gasteiger partial charge is 0.496 e. The van der Waals surface area contributed by atoms with Gasteiger partial charge in [0.25, 0.3) is 0 Å². The van der Waals surface area contributed by atoms with Crippen LogP contribution in [0.15, 0.2) is 72.8 Å². The maximum Gasteiger partial charge on any atom is 0.229 e. The summed E-state index contributed by atoms with van der Waals surface area (Å²) < 4.78 is 18.9. The van der Waals surface area contributed by atoms with E-state index >= 15 is 0 Å². The van der Waals surface area contributed by atoms with Crippen molar-refractivity contribution >= 4 is 28.4 Å². The van der Waals surface area contributed by atoms with Gasteiger partial charge in [-0.25, -0.2) is 9.37 Å². The Bertz CT molecular complexity index is 1120. The first-order chi connectivity index (χ1) is 13.7. The number of para-hydroxylation sites is 2. The van der Waals surface area contributed by atoms with E-state index in [1.165, 1.54) is 12.1 Å². The zero-order chi connectivity index (χ0) is 19.3. The minimum atomic E-state index is -0.319. The molecule has 2 N–H and O–H groups in total. The topological polar surface area (TPSA) is 59.1 Å². The number of nitrogens with one attached hydrogen (secondary N) is 2. The summed E-state index contributed by atoms with van der Waals surface area (Å²) >= 11 is 0. The van der Waals surface area contributed by atoms with Gasteiger partial charge in [-0.1, -0.05) is 36.4 Å². The van der Waals surface area contributed by atoms with Crippen LogP contribution in [-0.4, -0.2) is 17.1 Å². The van der Waals surface area contributed by atoms with Gasteiger partial charge in [-0.05, 0) is 36.4 Å². The van der Waals surface area contributed by atoms with E-state index in [1.54, 1.807) is 19.2 Å². The summed E-state index contributed by atoms with van der Waals surface area (Å²) in [5.74, 6) is 1.58. The monoisotopic (exact) mass is 374 g/mol. The zero-order valence-corrected chi connectivity index (χ0v) is 15.3. The van der Waals surface area contributed by atoms with Crippen LogP contribution in [0, 0.1) is 5.82 Å².